The molecule has 0 aromatic heterocycles. The smallest absolute Gasteiger partial charge is 0.0441 e. The maximum atomic E-state index is 4.28. The number of hydrogen-bond acceptors (Lipinski definition) is 2. The summed E-state index contributed by atoms with van der Waals surface area (Å²) < 4.78 is 3.07. The first-order valence-electron chi connectivity index (χ1n) is 3.10. The molecule has 0 aromatic rings. The molecule has 0 saturated carbocycles. The number of thiol groups is 1. The molecule has 0 aliphatic heterocycles. The largest absolute Gasteiger partial charge is 0.253 e. The Kier molecular flexibility index (Phi) is 6.57. The summed E-state index contributed by atoms with van der Waals surface area (Å²) in [7, 11) is 0. The average Bonchev–Trinajstić information content (AvgIpc) is 1.98. The summed E-state index contributed by atoms with van der Waals surface area (Å²) in [5.41, 5.74) is 0. The quantitative estimate of drug-likeness (QED) is 0.347. The van der Waals surface area contributed by atoms with Crippen molar-refractivity contribution in [3.8, 4) is 0 Å². The second-order valence-corrected chi connectivity index (χ2v) is 3.09. The summed E-state index contributed by atoms with van der Waals surface area (Å²) in [5.74, 6) is 0. The Morgan fingerprint density at radius 1 is 1.70 bits per heavy atom. The fraction of sp³-hybridized carbons (Fsp3) is 0.429. The fourth-order valence-corrected chi connectivity index (χ4v) is 1.13. The maximum absolute atomic E-state index is 4.28. The molecule has 0 spiro atoms. The molecular weight excluding hydrogens is 257 g/mol. The van der Waals surface area contributed by atoms with Gasteiger partial charge in [0.1, 0.15) is 0 Å². The average molecular weight is 269 g/mol. The van der Waals surface area contributed by atoms with Gasteiger partial charge >= 0.3 is 0 Å². The van der Waals surface area contributed by atoms with Gasteiger partial charge in [0.2, 0.25) is 0 Å². The van der Waals surface area contributed by atoms with Gasteiger partial charge in [-0.25, -0.2) is 0 Å². The van der Waals surface area contributed by atoms with Crippen molar-refractivity contribution in [2.75, 3.05) is 0 Å². The highest BCUT2D eigenvalue weighted by Crippen LogP contribution is 2.07. The van der Waals surface area contributed by atoms with Gasteiger partial charge < -0.3 is 0 Å². The van der Waals surface area contributed by atoms with Gasteiger partial charge in [-0.05, 0) is 18.8 Å². The van der Waals surface area contributed by atoms with Gasteiger partial charge in [0.05, 0.1) is 0 Å². The Hall–Kier alpha value is 0.520. The summed E-state index contributed by atoms with van der Waals surface area (Å²) in [6.45, 7) is 4.05. The SMILES string of the molecule is C/C=C\C=C(\S)C(C)NI. The fourth-order valence-electron chi connectivity index (χ4n) is 0.395. The molecule has 0 radical (unpaired) electrons. The molecule has 10 heavy (non-hydrogen) atoms. The minimum absolute atomic E-state index is 0.333. The van der Waals surface area contributed by atoms with E-state index in [0.717, 1.165) is 4.91 Å². The summed E-state index contributed by atoms with van der Waals surface area (Å²) in [6.07, 6.45) is 5.95. The zero-order chi connectivity index (χ0) is 7.98. The van der Waals surface area contributed by atoms with Crippen molar-refractivity contribution in [2.45, 2.75) is 19.9 Å². The third-order valence-corrected chi connectivity index (χ3v) is 2.54. The summed E-state index contributed by atoms with van der Waals surface area (Å²) in [5, 5.41) is 0. The number of nitrogens with one attached hydrogen (secondary N) is 1. The first-order chi connectivity index (χ1) is 4.72. The van der Waals surface area contributed by atoms with Crippen molar-refractivity contribution in [2.24, 2.45) is 0 Å². The van der Waals surface area contributed by atoms with E-state index < -0.39 is 0 Å². The zero-order valence-corrected chi connectivity index (χ0v) is 9.19. The molecule has 0 fully saturated rings. The molecule has 3 heteroatoms. The third kappa shape index (κ3) is 4.35. The molecule has 0 saturated heterocycles. The standard InChI is InChI=1S/C7H12INS/c1-3-4-5-7(10)6(2)9-8/h3-6,9-10H,1-2H3/b4-3-,7-5+. The monoisotopic (exact) mass is 269 g/mol. The molecule has 1 N–H and O–H groups in total. The molecule has 0 aliphatic rings. The van der Waals surface area contributed by atoms with E-state index in [1.165, 1.54) is 0 Å². The van der Waals surface area contributed by atoms with Gasteiger partial charge in [0.25, 0.3) is 0 Å². The number of rotatable bonds is 3. The van der Waals surface area contributed by atoms with Crippen molar-refractivity contribution in [3.05, 3.63) is 23.1 Å². The lowest BCUT2D eigenvalue weighted by Crippen LogP contribution is -2.14. The minimum atomic E-state index is 0.333. The van der Waals surface area contributed by atoms with E-state index in [1.54, 1.807) is 0 Å². The first kappa shape index (κ1) is 10.5. The van der Waals surface area contributed by atoms with Gasteiger partial charge in [-0.1, -0.05) is 18.2 Å². The van der Waals surface area contributed by atoms with Crippen molar-refractivity contribution < 1.29 is 0 Å². The van der Waals surface area contributed by atoms with Gasteiger partial charge in [0, 0.05) is 28.9 Å². The second-order valence-electron chi connectivity index (χ2n) is 1.95. The molecule has 0 aromatic carbocycles. The Morgan fingerprint density at radius 3 is 2.70 bits per heavy atom. The number of allylic oxidation sites excluding steroid dienone is 3. The van der Waals surface area contributed by atoms with E-state index in [1.807, 2.05) is 25.2 Å². The maximum Gasteiger partial charge on any atom is 0.0441 e. The number of hydrogen-bond donors (Lipinski definition) is 2. The van der Waals surface area contributed by atoms with Crippen molar-refractivity contribution in [3.63, 3.8) is 0 Å². The summed E-state index contributed by atoms with van der Waals surface area (Å²) >= 11 is 6.40. The van der Waals surface area contributed by atoms with E-state index in [9.17, 15) is 0 Å². The highest BCUT2D eigenvalue weighted by molar-refractivity contribution is 14.1. The predicted octanol–water partition coefficient (Wildman–Crippen LogP) is 2.70. The summed E-state index contributed by atoms with van der Waals surface area (Å²) in [6, 6.07) is 0.333. The third-order valence-electron chi connectivity index (χ3n) is 1.07. The van der Waals surface area contributed by atoms with Gasteiger partial charge in [-0.2, -0.15) is 0 Å². The summed E-state index contributed by atoms with van der Waals surface area (Å²) in [4.78, 5) is 1.05. The highest BCUT2D eigenvalue weighted by Gasteiger charge is 1.98. The van der Waals surface area contributed by atoms with Gasteiger partial charge in [0.15, 0.2) is 0 Å². The lowest BCUT2D eigenvalue weighted by molar-refractivity contribution is 0.868. The minimum Gasteiger partial charge on any atom is -0.253 e. The van der Waals surface area contributed by atoms with Crippen LogP contribution in [0.4, 0.5) is 0 Å². The van der Waals surface area contributed by atoms with Crippen LogP contribution in [0.2, 0.25) is 0 Å². The van der Waals surface area contributed by atoms with E-state index in [0.29, 0.717) is 6.04 Å². The van der Waals surface area contributed by atoms with Crippen LogP contribution in [0.1, 0.15) is 13.8 Å². The molecule has 0 bridgehead atoms. The van der Waals surface area contributed by atoms with Gasteiger partial charge in [-0.3, -0.25) is 3.53 Å². The van der Waals surface area contributed by atoms with Crippen LogP contribution >= 0.6 is 35.5 Å². The van der Waals surface area contributed by atoms with Crippen molar-refractivity contribution in [1.29, 1.82) is 0 Å². The van der Waals surface area contributed by atoms with Crippen LogP contribution in [0.5, 0.6) is 0 Å². The molecule has 1 unspecified atom stereocenters. The Labute approximate surface area is 81.9 Å². The molecule has 0 amide bonds. The van der Waals surface area contributed by atoms with E-state index in [-0.39, 0.29) is 0 Å². The van der Waals surface area contributed by atoms with Crippen LogP contribution in [0.15, 0.2) is 23.1 Å². The predicted molar refractivity (Wildman–Crippen MR) is 58.5 cm³/mol. The lowest BCUT2D eigenvalue weighted by atomic mass is 10.3. The topological polar surface area (TPSA) is 12.0 Å². The first-order valence-corrected chi connectivity index (χ1v) is 4.63. The molecular formula is C7H12INS. The lowest BCUT2D eigenvalue weighted by Gasteiger charge is -2.06. The van der Waals surface area contributed by atoms with Crippen LogP contribution < -0.4 is 3.53 Å². The Balaban J connectivity index is 3.91. The molecule has 1 nitrogen and oxygen atoms in total. The van der Waals surface area contributed by atoms with Crippen LogP contribution in [-0.4, -0.2) is 6.04 Å². The molecule has 1 atom stereocenters. The van der Waals surface area contributed by atoms with Crippen LogP contribution in [0, 0.1) is 0 Å². The van der Waals surface area contributed by atoms with E-state index >= 15 is 0 Å². The van der Waals surface area contributed by atoms with E-state index in [2.05, 4.69) is 45.9 Å². The van der Waals surface area contributed by atoms with Crippen LogP contribution in [0.25, 0.3) is 0 Å². The van der Waals surface area contributed by atoms with Crippen molar-refractivity contribution >= 4 is 35.5 Å². The second kappa shape index (κ2) is 6.24. The zero-order valence-electron chi connectivity index (χ0n) is 6.13. The molecule has 58 valence electrons. The highest BCUT2D eigenvalue weighted by atomic mass is 127. The molecule has 0 aliphatic carbocycles. The normalized spacial score (nSPS) is 16.2. The van der Waals surface area contributed by atoms with E-state index in [4.69, 9.17) is 0 Å². The van der Waals surface area contributed by atoms with Gasteiger partial charge in [-0.15, -0.1) is 12.6 Å². The van der Waals surface area contributed by atoms with Crippen molar-refractivity contribution in [1.82, 2.24) is 3.53 Å². The molecule has 0 heterocycles. The van der Waals surface area contributed by atoms with Crippen LogP contribution in [-0.2, 0) is 0 Å². The van der Waals surface area contributed by atoms with Crippen LogP contribution in [0.3, 0.4) is 0 Å². The molecule has 0 rings (SSSR count). The Bertz CT molecular complexity index is 143. The Morgan fingerprint density at radius 2 is 2.30 bits per heavy atom. The number of halogens is 1.